The van der Waals surface area contributed by atoms with E-state index in [1.54, 1.807) is 5.41 Å². The summed E-state index contributed by atoms with van der Waals surface area (Å²) in [6.45, 7) is 0.808. The van der Waals surface area contributed by atoms with Gasteiger partial charge in [0.2, 0.25) is 5.91 Å². The maximum absolute atomic E-state index is 11.7. The number of nitriles is 1. The Kier molecular flexibility index (Phi) is 5.47. The molecular formula is C10H13ClN4O2S. The van der Waals surface area contributed by atoms with E-state index in [-0.39, 0.29) is 24.4 Å². The van der Waals surface area contributed by atoms with Crippen LogP contribution in [0.5, 0.6) is 0 Å². The summed E-state index contributed by atoms with van der Waals surface area (Å²) in [6.07, 6.45) is 1.70. The third kappa shape index (κ3) is 3.38. The van der Waals surface area contributed by atoms with E-state index in [2.05, 4.69) is 16.0 Å². The molecule has 0 aromatic rings. The van der Waals surface area contributed by atoms with Crippen LogP contribution in [0.1, 0.15) is 12.8 Å². The second kappa shape index (κ2) is 6.64. The van der Waals surface area contributed by atoms with Crippen LogP contribution in [0.2, 0.25) is 0 Å². The lowest BCUT2D eigenvalue weighted by Crippen LogP contribution is -2.48. The topological polar surface area (TPSA) is 94.0 Å². The Balaban J connectivity index is 0.00000162. The molecule has 0 spiro atoms. The van der Waals surface area contributed by atoms with Gasteiger partial charge in [-0.1, -0.05) is 11.8 Å². The predicted octanol–water partition coefficient (Wildman–Crippen LogP) is -0.170. The van der Waals surface area contributed by atoms with Gasteiger partial charge in [-0.05, 0) is 19.4 Å². The minimum Gasteiger partial charge on any atom is -0.356 e. The zero-order chi connectivity index (χ0) is 12.3. The first-order valence-corrected chi connectivity index (χ1v) is 6.25. The normalized spacial score (nSPS) is 25.4. The van der Waals surface area contributed by atoms with Crippen molar-refractivity contribution < 1.29 is 9.59 Å². The molecule has 0 radical (unpaired) electrons. The summed E-state index contributed by atoms with van der Waals surface area (Å²) in [6, 6.07) is 1.64. The number of carbonyl (C=O) groups is 2. The highest BCUT2D eigenvalue weighted by Crippen LogP contribution is 2.20. The summed E-state index contributed by atoms with van der Waals surface area (Å²) >= 11 is 1.19. The van der Waals surface area contributed by atoms with E-state index < -0.39 is 11.3 Å². The smallest absolute Gasteiger partial charge is 0.259 e. The number of imide groups is 1. The second-order valence-electron chi connectivity index (χ2n) is 3.81. The standard InChI is InChI=1S/C10H12N4O2S.ClH/c11-4-6-5-17-10(13-6)9(16)14-8(15)7-2-1-3-12-7;/h5,7,10,12-13H,1-3H2,(H,14,15,16);1H/t7-,10?;/m0./s1. The Bertz CT molecular complexity index is 415. The molecule has 2 aliphatic rings. The molecule has 18 heavy (non-hydrogen) atoms. The molecule has 98 valence electrons. The summed E-state index contributed by atoms with van der Waals surface area (Å²) in [5.74, 6) is -0.699. The van der Waals surface area contributed by atoms with Crippen molar-refractivity contribution in [1.29, 1.82) is 5.26 Å². The molecule has 2 rings (SSSR count). The fourth-order valence-electron chi connectivity index (χ4n) is 1.71. The second-order valence-corrected chi connectivity index (χ2v) is 4.79. The van der Waals surface area contributed by atoms with E-state index in [4.69, 9.17) is 5.26 Å². The van der Waals surface area contributed by atoms with Gasteiger partial charge >= 0.3 is 0 Å². The minimum absolute atomic E-state index is 0. The SMILES string of the molecule is Cl.N#CC1=CSC(C(=O)NC(=O)[C@@H]2CCCN2)N1. The highest BCUT2D eigenvalue weighted by Gasteiger charge is 2.29. The van der Waals surface area contributed by atoms with Crippen LogP contribution < -0.4 is 16.0 Å². The maximum Gasteiger partial charge on any atom is 0.259 e. The molecule has 8 heteroatoms. The van der Waals surface area contributed by atoms with Gasteiger partial charge in [0.05, 0.1) is 6.04 Å². The first-order chi connectivity index (χ1) is 8.20. The van der Waals surface area contributed by atoms with Gasteiger partial charge in [-0.3, -0.25) is 14.9 Å². The van der Waals surface area contributed by atoms with Gasteiger partial charge in [-0.15, -0.1) is 12.4 Å². The highest BCUT2D eigenvalue weighted by atomic mass is 35.5. The van der Waals surface area contributed by atoms with E-state index in [0.29, 0.717) is 5.70 Å². The molecule has 2 aliphatic heterocycles. The largest absolute Gasteiger partial charge is 0.356 e. The lowest BCUT2D eigenvalue weighted by molar-refractivity contribution is -0.131. The highest BCUT2D eigenvalue weighted by molar-refractivity contribution is 8.03. The van der Waals surface area contributed by atoms with E-state index in [1.165, 1.54) is 11.8 Å². The van der Waals surface area contributed by atoms with Gasteiger partial charge in [-0.2, -0.15) is 5.26 Å². The number of thioether (sulfide) groups is 1. The van der Waals surface area contributed by atoms with E-state index in [1.807, 2.05) is 6.07 Å². The molecule has 6 nitrogen and oxygen atoms in total. The van der Waals surface area contributed by atoms with Crippen LogP contribution >= 0.6 is 24.2 Å². The van der Waals surface area contributed by atoms with Gasteiger partial charge in [0, 0.05) is 5.41 Å². The van der Waals surface area contributed by atoms with E-state index in [9.17, 15) is 9.59 Å². The van der Waals surface area contributed by atoms with Gasteiger partial charge in [0.1, 0.15) is 11.8 Å². The van der Waals surface area contributed by atoms with Crippen LogP contribution in [-0.2, 0) is 9.59 Å². The number of rotatable bonds is 2. The number of hydrogen-bond donors (Lipinski definition) is 3. The number of carbonyl (C=O) groups excluding carboxylic acids is 2. The van der Waals surface area contributed by atoms with Gasteiger partial charge in [0.25, 0.3) is 5.91 Å². The Labute approximate surface area is 115 Å². The van der Waals surface area contributed by atoms with Crippen LogP contribution in [0.25, 0.3) is 0 Å². The fourth-order valence-corrected chi connectivity index (χ4v) is 2.48. The summed E-state index contributed by atoms with van der Waals surface area (Å²) in [5.41, 5.74) is 0.349. The summed E-state index contributed by atoms with van der Waals surface area (Å²) in [4.78, 5) is 23.3. The van der Waals surface area contributed by atoms with Crippen LogP contribution in [-0.4, -0.2) is 29.8 Å². The average molecular weight is 289 g/mol. The predicted molar refractivity (Wildman–Crippen MR) is 69.6 cm³/mol. The number of nitrogens with zero attached hydrogens (tertiary/aromatic N) is 1. The van der Waals surface area contributed by atoms with Crippen molar-refractivity contribution in [2.45, 2.75) is 24.3 Å². The molecule has 2 atom stereocenters. The molecule has 0 bridgehead atoms. The summed E-state index contributed by atoms with van der Waals surface area (Å²) in [5, 5.41) is 17.7. The molecule has 3 N–H and O–H groups in total. The maximum atomic E-state index is 11.7. The average Bonchev–Trinajstić information content (AvgIpc) is 3.00. The third-order valence-corrected chi connectivity index (χ3v) is 3.57. The van der Waals surface area contributed by atoms with Crippen LogP contribution in [0.4, 0.5) is 0 Å². The first-order valence-electron chi connectivity index (χ1n) is 5.31. The minimum atomic E-state index is -0.588. The van der Waals surface area contributed by atoms with Crippen LogP contribution in [0, 0.1) is 11.3 Å². The molecule has 0 aliphatic carbocycles. The van der Waals surface area contributed by atoms with Crippen LogP contribution in [0.3, 0.4) is 0 Å². The van der Waals surface area contributed by atoms with Crippen molar-refractivity contribution in [2.75, 3.05) is 6.54 Å². The molecule has 2 heterocycles. The lowest BCUT2D eigenvalue weighted by Gasteiger charge is -2.13. The number of hydrogen-bond acceptors (Lipinski definition) is 6. The quantitative estimate of drug-likeness (QED) is 0.611. The van der Waals surface area contributed by atoms with Crippen molar-refractivity contribution in [3.05, 3.63) is 11.1 Å². The zero-order valence-electron chi connectivity index (χ0n) is 9.43. The van der Waals surface area contributed by atoms with Crippen molar-refractivity contribution in [3.63, 3.8) is 0 Å². The van der Waals surface area contributed by atoms with Gasteiger partial charge < -0.3 is 10.6 Å². The number of allylic oxidation sites excluding steroid dienone is 1. The molecule has 0 saturated carbocycles. The number of nitrogens with one attached hydrogen (secondary N) is 3. The molecule has 0 aromatic heterocycles. The summed E-state index contributed by atoms with van der Waals surface area (Å²) < 4.78 is 0. The molecule has 0 aromatic carbocycles. The third-order valence-electron chi connectivity index (χ3n) is 2.59. The van der Waals surface area contributed by atoms with Crippen LogP contribution in [0.15, 0.2) is 11.1 Å². The first kappa shape index (κ1) is 14.8. The van der Waals surface area contributed by atoms with Crippen molar-refractivity contribution >= 4 is 36.0 Å². The van der Waals surface area contributed by atoms with E-state index in [0.717, 1.165) is 19.4 Å². The zero-order valence-corrected chi connectivity index (χ0v) is 11.1. The van der Waals surface area contributed by atoms with Gasteiger partial charge in [0.15, 0.2) is 5.37 Å². The Morgan fingerprint density at radius 3 is 2.83 bits per heavy atom. The summed E-state index contributed by atoms with van der Waals surface area (Å²) in [7, 11) is 0. The number of amides is 2. The Morgan fingerprint density at radius 1 is 1.50 bits per heavy atom. The molecule has 2 amide bonds. The van der Waals surface area contributed by atoms with E-state index >= 15 is 0 Å². The fraction of sp³-hybridized carbons (Fsp3) is 0.500. The molecule has 1 unspecified atom stereocenters. The molecule has 1 saturated heterocycles. The van der Waals surface area contributed by atoms with Crippen molar-refractivity contribution in [1.82, 2.24) is 16.0 Å². The lowest BCUT2D eigenvalue weighted by atomic mass is 10.2. The van der Waals surface area contributed by atoms with Gasteiger partial charge in [-0.25, -0.2) is 0 Å². The monoisotopic (exact) mass is 288 g/mol. The van der Waals surface area contributed by atoms with Crippen molar-refractivity contribution in [3.8, 4) is 6.07 Å². The Morgan fingerprint density at radius 2 is 2.28 bits per heavy atom. The molecule has 1 fully saturated rings. The van der Waals surface area contributed by atoms with Crippen molar-refractivity contribution in [2.24, 2.45) is 0 Å². The molecular weight excluding hydrogens is 276 g/mol. The number of halogens is 1. The Hall–Kier alpha value is -1.23.